The highest BCUT2D eigenvalue weighted by atomic mass is 32.2. The molecule has 18 heavy (non-hydrogen) atoms. The van der Waals surface area contributed by atoms with Crippen LogP contribution in [0.5, 0.6) is 0 Å². The number of carbonyl (C=O) groups is 1. The fourth-order valence-corrected chi connectivity index (χ4v) is 3.35. The molecule has 0 spiro atoms. The van der Waals surface area contributed by atoms with Gasteiger partial charge in [-0.3, -0.25) is 0 Å². The molecule has 1 aliphatic heterocycles. The molecule has 3 N–H and O–H groups in total. The molecule has 1 atom stereocenters. The van der Waals surface area contributed by atoms with E-state index in [1.165, 1.54) is 4.31 Å². The average molecular weight is 274 g/mol. The van der Waals surface area contributed by atoms with Crippen LogP contribution in [0, 0.1) is 5.92 Å². The molecule has 1 saturated heterocycles. The second-order valence-corrected chi connectivity index (χ2v) is 6.05. The summed E-state index contributed by atoms with van der Waals surface area (Å²) in [7, 11) is -3.75. The van der Waals surface area contributed by atoms with Gasteiger partial charge in [-0.05, 0) is 31.0 Å². The van der Waals surface area contributed by atoms with Crippen molar-refractivity contribution in [2.45, 2.75) is 11.5 Å². The maximum atomic E-state index is 12.1. The van der Waals surface area contributed by atoms with Crippen LogP contribution in [-0.4, -0.2) is 43.4 Å². The Kier molecular flexibility index (Phi) is 3.42. The van der Waals surface area contributed by atoms with E-state index in [9.17, 15) is 13.2 Å². The van der Waals surface area contributed by atoms with Gasteiger partial charge in [0.25, 0.3) is 10.0 Å². The van der Waals surface area contributed by atoms with E-state index in [0.717, 1.165) is 12.1 Å². The van der Waals surface area contributed by atoms with Gasteiger partial charge in [0.2, 0.25) is 10.9 Å². The van der Waals surface area contributed by atoms with E-state index < -0.39 is 16.0 Å². The average Bonchev–Trinajstić information content (AvgIpc) is 2.98. The third-order valence-corrected chi connectivity index (χ3v) is 4.71. The number of nitrogens with zero attached hydrogens (tertiary/aromatic N) is 1. The van der Waals surface area contributed by atoms with E-state index in [1.54, 1.807) is 0 Å². The zero-order valence-electron chi connectivity index (χ0n) is 9.57. The second kappa shape index (κ2) is 4.71. The van der Waals surface area contributed by atoms with Gasteiger partial charge in [-0.2, -0.15) is 4.31 Å². The molecule has 2 rings (SSSR count). The minimum Gasteiger partial charge on any atom is -0.475 e. The standard InChI is InChI=1S/C10H14N2O5S/c11-5-7-3-4-12(6-7)18(15,16)9-2-1-8(17-9)10(13)14/h1-2,7H,3-6,11H2,(H,13,14). The van der Waals surface area contributed by atoms with Gasteiger partial charge in [0, 0.05) is 13.1 Å². The number of hydrogen-bond acceptors (Lipinski definition) is 5. The van der Waals surface area contributed by atoms with Crippen molar-refractivity contribution < 1.29 is 22.7 Å². The normalized spacial score (nSPS) is 21.3. The molecule has 2 heterocycles. The number of furan rings is 1. The van der Waals surface area contributed by atoms with E-state index in [4.69, 9.17) is 15.3 Å². The topological polar surface area (TPSA) is 114 Å². The summed E-state index contributed by atoms with van der Waals surface area (Å²) in [5.74, 6) is -1.53. The second-order valence-electron chi connectivity index (χ2n) is 4.18. The first kappa shape index (κ1) is 13.1. The smallest absolute Gasteiger partial charge is 0.371 e. The van der Waals surface area contributed by atoms with Crippen LogP contribution in [0.1, 0.15) is 17.0 Å². The summed E-state index contributed by atoms with van der Waals surface area (Å²) in [6, 6.07) is 2.29. The zero-order chi connectivity index (χ0) is 13.3. The van der Waals surface area contributed by atoms with Gasteiger partial charge in [0.15, 0.2) is 0 Å². The lowest BCUT2D eigenvalue weighted by Gasteiger charge is -2.13. The number of aromatic carboxylic acids is 1. The molecule has 0 amide bonds. The van der Waals surface area contributed by atoms with E-state index in [2.05, 4.69) is 0 Å². The molecule has 1 fully saturated rings. The summed E-state index contributed by atoms with van der Waals surface area (Å²) in [5.41, 5.74) is 5.50. The van der Waals surface area contributed by atoms with Crippen molar-refractivity contribution in [3.8, 4) is 0 Å². The molecule has 7 nitrogen and oxygen atoms in total. The SMILES string of the molecule is NCC1CCN(S(=O)(=O)c2ccc(C(=O)O)o2)C1. The molecular weight excluding hydrogens is 260 g/mol. The van der Waals surface area contributed by atoms with Crippen LogP contribution in [0.15, 0.2) is 21.6 Å². The van der Waals surface area contributed by atoms with Crippen LogP contribution in [0.25, 0.3) is 0 Å². The zero-order valence-corrected chi connectivity index (χ0v) is 10.4. The Hall–Kier alpha value is -1.38. The summed E-state index contributed by atoms with van der Waals surface area (Å²) >= 11 is 0. The Morgan fingerprint density at radius 2 is 2.28 bits per heavy atom. The number of hydrogen-bond donors (Lipinski definition) is 2. The third-order valence-electron chi connectivity index (χ3n) is 2.97. The predicted molar refractivity (Wildman–Crippen MR) is 61.6 cm³/mol. The first-order valence-corrected chi connectivity index (χ1v) is 6.92. The van der Waals surface area contributed by atoms with E-state index in [0.29, 0.717) is 26.1 Å². The molecule has 1 unspecified atom stereocenters. The highest BCUT2D eigenvalue weighted by Crippen LogP contribution is 2.25. The molecule has 1 aromatic rings. The number of sulfonamides is 1. The fraction of sp³-hybridized carbons (Fsp3) is 0.500. The van der Waals surface area contributed by atoms with Crippen LogP contribution < -0.4 is 5.73 Å². The molecule has 0 aromatic carbocycles. The molecular formula is C10H14N2O5S. The van der Waals surface area contributed by atoms with E-state index >= 15 is 0 Å². The Bertz CT molecular complexity index is 550. The molecule has 1 aromatic heterocycles. The lowest BCUT2D eigenvalue weighted by molar-refractivity contribution is 0.0656. The van der Waals surface area contributed by atoms with Crippen molar-refractivity contribution in [1.82, 2.24) is 4.31 Å². The van der Waals surface area contributed by atoms with Crippen LogP contribution in [0.2, 0.25) is 0 Å². The minimum atomic E-state index is -3.75. The van der Waals surface area contributed by atoms with Crippen molar-refractivity contribution in [2.24, 2.45) is 11.7 Å². The van der Waals surface area contributed by atoms with Crippen molar-refractivity contribution in [3.63, 3.8) is 0 Å². The summed E-state index contributed by atoms with van der Waals surface area (Å²) in [6.45, 7) is 1.17. The molecule has 8 heteroatoms. The van der Waals surface area contributed by atoms with Gasteiger partial charge in [0.05, 0.1) is 0 Å². The van der Waals surface area contributed by atoms with Crippen LogP contribution in [0.3, 0.4) is 0 Å². The number of carboxylic acid groups (broad SMARTS) is 1. The molecule has 1 aliphatic rings. The van der Waals surface area contributed by atoms with Gasteiger partial charge in [0.1, 0.15) is 0 Å². The monoisotopic (exact) mass is 274 g/mol. The predicted octanol–water partition coefficient (Wildman–Crippen LogP) is -0.0529. The highest BCUT2D eigenvalue weighted by molar-refractivity contribution is 7.89. The van der Waals surface area contributed by atoms with Crippen LogP contribution in [0.4, 0.5) is 0 Å². The van der Waals surface area contributed by atoms with Crippen LogP contribution in [-0.2, 0) is 10.0 Å². The summed E-state index contributed by atoms with van der Waals surface area (Å²) in [4.78, 5) is 10.6. The maximum Gasteiger partial charge on any atom is 0.371 e. The van der Waals surface area contributed by atoms with Gasteiger partial charge in [-0.15, -0.1) is 0 Å². The Morgan fingerprint density at radius 1 is 1.56 bits per heavy atom. The van der Waals surface area contributed by atoms with Gasteiger partial charge in [-0.25, -0.2) is 13.2 Å². The Morgan fingerprint density at radius 3 is 2.78 bits per heavy atom. The number of carboxylic acids is 1. The molecule has 0 radical (unpaired) electrons. The van der Waals surface area contributed by atoms with Crippen LogP contribution >= 0.6 is 0 Å². The quantitative estimate of drug-likeness (QED) is 0.795. The summed E-state index contributed by atoms with van der Waals surface area (Å²) in [6.07, 6.45) is 0.711. The Labute approximate surface area is 104 Å². The van der Waals surface area contributed by atoms with Crippen molar-refractivity contribution in [1.29, 1.82) is 0 Å². The summed E-state index contributed by atoms with van der Waals surface area (Å²) < 4.78 is 30.4. The lowest BCUT2D eigenvalue weighted by Crippen LogP contribution is -2.29. The number of rotatable bonds is 4. The Balaban J connectivity index is 2.23. The molecule has 0 aliphatic carbocycles. The molecule has 0 saturated carbocycles. The van der Waals surface area contributed by atoms with Gasteiger partial charge < -0.3 is 15.3 Å². The van der Waals surface area contributed by atoms with E-state index in [1.807, 2.05) is 0 Å². The van der Waals surface area contributed by atoms with Crippen molar-refractivity contribution in [2.75, 3.05) is 19.6 Å². The molecule has 100 valence electrons. The largest absolute Gasteiger partial charge is 0.475 e. The van der Waals surface area contributed by atoms with Gasteiger partial charge >= 0.3 is 5.97 Å². The van der Waals surface area contributed by atoms with Crippen molar-refractivity contribution in [3.05, 3.63) is 17.9 Å². The molecule has 0 bridgehead atoms. The lowest BCUT2D eigenvalue weighted by atomic mass is 10.1. The highest BCUT2D eigenvalue weighted by Gasteiger charge is 2.34. The summed E-state index contributed by atoms with van der Waals surface area (Å²) in [5, 5.41) is 8.36. The first-order chi connectivity index (χ1) is 8.45. The van der Waals surface area contributed by atoms with E-state index in [-0.39, 0.29) is 16.8 Å². The van der Waals surface area contributed by atoms with Gasteiger partial charge in [-0.1, -0.05) is 0 Å². The fourth-order valence-electron chi connectivity index (χ4n) is 1.91. The first-order valence-electron chi connectivity index (χ1n) is 5.48. The number of nitrogens with two attached hydrogens (primary N) is 1. The minimum absolute atomic E-state index is 0.147. The maximum absolute atomic E-state index is 12.1. The third kappa shape index (κ3) is 2.26. The van der Waals surface area contributed by atoms with Crippen molar-refractivity contribution >= 4 is 16.0 Å².